The van der Waals surface area contributed by atoms with Crippen molar-refractivity contribution in [1.29, 1.82) is 0 Å². The molecule has 4 nitrogen and oxygen atoms in total. The van der Waals surface area contributed by atoms with Crippen LogP contribution >= 0.6 is 0 Å². The predicted octanol–water partition coefficient (Wildman–Crippen LogP) is 1.98. The van der Waals surface area contributed by atoms with Gasteiger partial charge in [0, 0.05) is 26.2 Å². The average molecular weight is 242 g/mol. The first-order valence-corrected chi connectivity index (χ1v) is 6.91. The first-order chi connectivity index (χ1) is 8.27. The molecule has 1 heterocycles. The van der Waals surface area contributed by atoms with Gasteiger partial charge in [0.15, 0.2) is 0 Å². The maximum Gasteiger partial charge on any atom is 0.317 e. The number of hydrogen-bond acceptors (Lipinski definition) is 2. The fourth-order valence-electron chi connectivity index (χ4n) is 2.35. The Morgan fingerprint density at radius 1 is 1.47 bits per heavy atom. The Kier molecular flexibility index (Phi) is 7.01. The number of likely N-dealkylation sites (tertiary alicyclic amines) is 1. The molecular formula is C13H26N2O2. The number of nitrogens with one attached hydrogen (secondary N) is 1. The number of carbonyl (C=O) groups excluding carboxylic acids is 1. The first kappa shape index (κ1) is 14.3. The maximum atomic E-state index is 11.9. The molecule has 1 aliphatic heterocycles. The van der Waals surface area contributed by atoms with Crippen LogP contribution in [0, 0.1) is 5.92 Å². The van der Waals surface area contributed by atoms with Crippen molar-refractivity contribution in [3.63, 3.8) is 0 Å². The molecule has 0 spiro atoms. The second-order valence-corrected chi connectivity index (χ2v) is 4.91. The summed E-state index contributed by atoms with van der Waals surface area (Å²) in [5, 5.41) is 11.9. The largest absolute Gasteiger partial charge is 0.396 e. The van der Waals surface area contributed by atoms with Gasteiger partial charge < -0.3 is 15.3 Å². The molecule has 1 rings (SSSR count). The number of hydrogen-bond donors (Lipinski definition) is 2. The highest BCUT2D eigenvalue weighted by Crippen LogP contribution is 2.19. The fraction of sp³-hybridized carbons (Fsp3) is 0.923. The van der Waals surface area contributed by atoms with E-state index in [0.29, 0.717) is 5.92 Å². The van der Waals surface area contributed by atoms with Crippen LogP contribution in [0.5, 0.6) is 0 Å². The quantitative estimate of drug-likeness (QED) is 0.700. The maximum absolute atomic E-state index is 11.9. The van der Waals surface area contributed by atoms with Gasteiger partial charge in [0.05, 0.1) is 0 Å². The molecule has 0 radical (unpaired) electrons. The van der Waals surface area contributed by atoms with Crippen molar-refractivity contribution in [3.8, 4) is 0 Å². The van der Waals surface area contributed by atoms with E-state index in [-0.39, 0.29) is 12.6 Å². The van der Waals surface area contributed by atoms with Gasteiger partial charge in [-0.2, -0.15) is 0 Å². The van der Waals surface area contributed by atoms with E-state index < -0.39 is 0 Å². The van der Waals surface area contributed by atoms with Gasteiger partial charge in [-0.25, -0.2) is 4.79 Å². The number of carbonyl (C=O) groups is 1. The molecule has 4 heteroatoms. The second kappa shape index (κ2) is 8.34. The van der Waals surface area contributed by atoms with Crippen LogP contribution in [0.4, 0.5) is 4.79 Å². The molecule has 2 amide bonds. The van der Waals surface area contributed by atoms with Crippen LogP contribution in [0.25, 0.3) is 0 Å². The zero-order chi connectivity index (χ0) is 12.5. The van der Waals surface area contributed by atoms with Gasteiger partial charge in [0.1, 0.15) is 0 Å². The predicted molar refractivity (Wildman–Crippen MR) is 68.9 cm³/mol. The highest BCUT2D eigenvalue weighted by atomic mass is 16.3. The minimum Gasteiger partial charge on any atom is -0.396 e. The van der Waals surface area contributed by atoms with E-state index in [2.05, 4.69) is 12.2 Å². The van der Waals surface area contributed by atoms with Crippen molar-refractivity contribution in [2.45, 2.75) is 45.4 Å². The summed E-state index contributed by atoms with van der Waals surface area (Å²) in [4.78, 5) is 13.8. The zero-order valence-electron chi connectivity index (χ0n) is 11.0. The lowest BCUT2D eigenvalue weighted by Gasteiger charge is -2.32. The van der Waals surface area contributed by atoms with Crippen LogP contribution in [0.3, 0.4) is 0 Å². The molecule has 1 saturated heterocycles. The van der Waals surface area contributed by atoms with E-state index in [1.165, 1.54) is 12.8 Å². The topological polar surface area (TPSA) is 52.6 Å². The molecular weight excluding hydrogens is 216 g/mol. The molecule has 0 aliphatic carbocycles. The van der Waals surface area contributed by atoms with Gasteiger partial charge in [0.25, 0.3) is 0 Å². The van der Waals surface area contributed by atoms with Gasteiger partial charge in [-0.05, 0) is 31.6 Å². The summed E-state index contributed by atoms with van der Waals surface area (Å²) in [6.07, 6.45) is 6.44. The first-order valence-electron chi connectivity index (χ1n) is 6.91. The standard InChI is InChI=1S/C13H26N2O2/c1-2-3-4-8-14-13(17)15-9-5-6-12(11-15)7-10-16/h12,16H,2-11H2,1H3,(H,14,17). The van der Waals surface area contributed by atoms with Gasteiger partial charge in [0.2, 0.25) is 0 Å². The molecule has 17 heavy (non-hydrogen) atoms. The van der Waals surface area contributed by atoms with Gasteiger partial charge in [-0.3, -0.25) is 0 Å². The van der Waals surface area contributed by atoms with E-state index in [1.54, 1.807) is 0 Å². The molecule has 2 N–H and O–H groups in total. The Bertz CT molecular complexity index is 219. The van der Waals surface area contributed by atoms with Gasteiger partial charge >= 0.3 is 6.03 Å². The van der Waals surface area contributed by atoms with Gasteiger partial charge in [-0.1, -0.05) is 19.8 Å². The van der Waals surface area contributed by atoms with Crippen LogP contribution in [-0.2, 0) is 0 Å². The fourth-order valence-corrected chi connectivity index (χ4v) is 2.35. The number of unbranched alkanes of at least 4 members (excludes halogenated alkanes) is 2. The van der Waals surface area contributed by atoms with Crippen molar-refractivity contribution >= 4 is 6.03 Å². The molecule has 0 aromatic rings. The third-order valence-corrected chi connectivity index (χ3v) is 3.40. The minimum absolute atomic E-state index is 0.0729. The lowest BCUT2D eigenvalue weighted by atomic mass is 9.95. The van der Waals surface area contributed by atoms with Crippen LogP contribution in [-0.4, -0.2) is 42.3 Å². The Hall–Kier alpha value is -0.770. The molecule has 1 aliphatic rings. The summed E-state index contributed by atoms with van der Waals surface area (Å²) in [6.45, 7) is 4.85. The Morgan fingerprint density at radius 3 is 3.00 bits per heavy atom. The summed E-state index contributed by atoms with van der Waals surface area (Å²) >= 11 is 0. The van der Waals surface area contributed by atoms with E-state index in [4.69, 9.17) is 5.11 Å². The molecule has 100 valence electrons. The highest BCUT2D eigenvalue weighted by Gasteiger charge is 2.22. The highest BCUT2D eigenvalue weighted by molar-refractivity contribution is 5.74. The lowest BCUT2D eigenvalue weighted by molar-refractivity contribution is 0.150. The van der Waals surface area contributed by atoms with Crippen molar-refractivity contribution in [2.24, 2.45) is 5.92 Å². The third kappa shape index (κ3) is 5.39. The smallest absolute Gasteiger partial charge is 0.317 e. The van der Waals surface area contributed by atoms with Crippen molar-refractivity contribution < 1.29 is 9.90 Å². The Balaban J connectivity index is 2.21. The molecule has 0 saturated carbocycles. The van der Waals surface area contributed by atoms with Crippen LogP contribution in [0.1, 0.15) is 45.4 Å². The number of amides is 2. The normalized spacial score (nSPS) is 20.4. The summed E-state index contributed by atoms with van der Waals surface area (Å²) in [7, 11) is 0. The lowest BCUT2D eigenvalue weighted by Crippen LogP contribution is -2.45. The van der Waals surface area contributed by atoms with E-state index >= 15 is 0 Å². The molecule has 1 fully saturated rings. The van der Waals surface area contributed by atoms with Crippen LogP contribution < -0.4 is 5.32 Å². The SMILES string of the molecule is CCCCCNC(=O)N1CCCC(CCO)C1. The van der Waals surface area contributed by atoms with Crippen molar-refractivity contribution in [2.75, 3.05) is 26.2 Å². The van der Waals surface area contributed by atoms with Crippen molar-refractivity contribution in [1.82, 2.24) is 10.2 Å². The second-order valence-electron chi connectivity index (χ2n) is 4.91. The van der Waals surface area contributed by atoms with E-state index in [9.17, 15) is 4.79 Å². The Labute approximate surface area is 104 Å². The number of piperidine rings is 1. The average Bonchev–Trinajstić information content (AvgIpc) is 2.35. The monoisotopic (exact) mass is 242 g/mol. The van der Waals surface area contributed by atoms with Crippen LogP contribution in [0.2, 0.25) is 0 Å². The summed E-state index contributed by atoms with van der Waals surface area (Å²) in [5.41, 5.74) is 0. The van der Waals surface area contributed by atoms with Crippen molar-refractivity contribution in [3.05, 3.63) is 0 Å². The van der Waals surface area contributed by atoms with Gasteiger partial charge in [-0.15, -0.1) is 0 Å². The van der Waals surface area contributed by atoms with E-state index in [0.717, 1.165) is 45.3 Å². The van der Waals surface area contributed by atoms with Crippen LogP contribution in [0.15, 0.2) is 0 Å². The number of rotatable bonds is 6. The third-order valence-electron chi connectivity index (χ3n) is 3.40. The minimum atomic E-state index is 0.0729. The summed E-state index contributed by atoms with van der Waals surface area (Å²) in [6, 6.07) is 0.0729. The molecule has 0 aromatic carbocycles. The zero-order valence-corrected chi connectivity index (χ0v) is 11.0. The Morgan fingerprint density at radius 2 is 2.29 bits per heavy atom. The molecule has 0 aromatic heterocycles. The number of aliphatic hydroxyl groups is 1. The number of nitrogens with zero attached hydrogens (tertiary/aromatic N) is 1. The summed E-state index contributed by atoms with van der Waals surface area (Å²) < 4.78 is 0. The number of urea groups is 1. The molecule has 1 atom stereocenters. The molecule has 1 unspecified atom stereocenters. The number of aliphatic hydroxyl groups excluding tert-OH is 1. The van der Waals surface area contributed by atoms with E-state index in [1.807, 2.05) is 4.90 Å². The summed E-state index contributed by atoms with van der Waals surface area (Å²) in [5.74, 6) is 0.482. The molecule has 0 bridgehead atoms.